The number of halogens is 1. The summed E-state index contributed by atoms with van der Waals surface area (Å²) in [5.41, 5.74) is 2.15. The number of carbonyl (C=O) groups is 1. The number of rotatable bonds is 3. The number of aliphatic hydroxyl groups excluding tert-OH is 1. The Kier molecular flexibility index (Phi) is 3.35. The van der Waals surface area contributed by atoms with Crippen molar-refractivity contribution in [3.05, 3.63) is 58.9 Å². The average molecular weight is 287 g/mol. The number of benzene rings is 2. The van der Waals surface area contributed by atoms with Gasteiger partial charge in [-0.05, 0) is 29.3 Å². The van der Waals surface area contributed by atoms with Crippen molar-refractivity contribution in [1.82, 2.24) is 0 Å². The molecule has 2 aromatic rings. The number of hydrogen-bond acceptors (Lipinski definition) is 3. The molecule has 0 saturated heterocycles. The largest absolute Gasteiger partial charge is 0.496 e. The molecule has 1 atom stereocenters. The van der Waals surface area contributed by atoms with E-state index in [1.165, 1.54) is 19.2 Å². The maximum Gasteiger partial charge on any atom is 0.228 e. The van der Waals surface area contributed by atoms with E-state index in [1.54, 1.807) is 24.3 Å². The molecule has 0 aliphatic carbocycles. The summed E-state index contributed by atoms with van der Waals surface area (Å²) in [4.78, 5) is 11.4. The van der Waals surface area contributed by atoms with Gasteiger partial charge in [0.15, 0.2) is 0 Å². The molecular weight excluding hydrogens is 273 g/mol. The molecule has 1 aliphatic heterocycles. The molecule has 0 saturated carbocycles. The lowest BCUT2D eigenvalue weighted by atomic mass is 9.97. The number of hydrogen-bond donors (Lipinski definition) is 2. The Labute approximate surface area is 121 Å². The first kappa shape index (κ1) is 13.6. The summed E-state index contributed by atoms with van der Waals surface area (Å²) in [6, 6.07) is 9.49. The molecular formula is C16H14FNO3. The van der Waals surface area contributed by atoms with E-state index < -0.39 is 11.9 Å². The maximum atomic E-state index is 14.0. The van der Waals surface area contributed by atoms with Crippen molar-refractivity contribution in [3.63, 3.8) is 0 Å². The van der Waals surface area contributed by atoms with Crippen LogP contribution in [0.15, 0.2) is 36.4 Å². The van der Waals surface area contributed by atoms with Crippen LogP contribution in [0.4, 0.5) is 10.1 Å². The van der Waals surface area contributed by atoms with Crippen molar-refractivity contribution in [2.75, 3.05) is 12.4 Å². The molecule has 2 N–H and O–H groups in total. The summed E-state index contributed by atoms with van der Waals surface area (Å²) in [6.45, 7) is 0. The van der Waals surface area contributed by atoms with Gasteiger partial charge in [0, 0.05) is 5.69 Å². The van der Waals surface area contributed by atoms with Crippen molar-refractivity contribution in [2.24, 2.45) is 0 Å². The molecule has 4 nitrogen and oxygen atoms in total. The Balaban J connectivity index is 2.02. The van der Waals surface area contributed by atoms with Crippen LogP contribution >= 0.6 is 0 Å². The van der Waals surface area contributed by atoms with Crippen molar-refractivity contribution in [2.45, 2.75) is 12.5 Å². The van der Waals surface area contributed by atoms with Gasteiger partial charge in [-0.15, -0.1) is 0 Å². The first-order chi connectivity index (χ1) is 10.1. The highest BCUT2D eigenvalue weighted by atomic mass is 19.1. The van der Waals surface area contributed by atoms with Crippen molar-refractivity contribution < 1.29 is 19.0 Å². The number of aliphatic hydroxyl groups is 1. The number of anilines is 1. The second-order valence-electron chi connectivity index (χ2n) is 4.90. The van der Waals surface area contributed by atoms with Crippen LogP contribution in [0.5, 0.6) is 5.75 Å². The summed E-state index contributed by atoms with van der Waals surface area (Å²) >= 11 is 0. The van der Waals surface area contributed by atoms with Crippen molar-refractivity contribution >= 4 is 11.6 Å². The lowest BCUT2D eigenvalue weighted by Gasteiger charge is -2.16. The van der Waals surface area contributed by atoms with Crippen LogP contribution < -0.4 is 10.1 Å². The molecule has 0 bridgehead atoms. The molecule has 0 fully saturated rings. The number of fused-ring (bicyclic) bond motifs is 1. The van der Waals surface area contributed by atoms with Crippen LogP contribution in [0.3, 0.4) is 0 Å². The highest BCUT2D eigenvalue weighted by molar-refractivity contribution is 5.99. The first-order valence-electron chi connectivity index (χ1n) is 6.53. The summed E-state index contributed by atoms with van der Waals surface area (Å²) in [5, 5.41) is 13.2. The van der Waals surface area contributed by atoms with E-state index in [0.29, 0.717) is 5.56 Å². The highest BCUT2D eigenvalue weighted by Crippen LogP contribution is 2.34. The molecule has 0 spiro atoms. The molecule has 2 aromatic carbocycles. The van der Waals surface area contributed by atoms with Gasteiger partial charge in [0.05, 0.1) is 19.1 Å². The van der Waals surface area contributed by atoms with Crippen molar-refractivity contribution in [3.8, 4) is 5.75 Å². The summed E-state index contributed by atoms with van der Waals surface area (Å²) < 4.78 is 19.1. The molecule has 1 unspecified atom stereocenters. The highest BCUT2D eigenvalue weighted by Gasteiger charge is 2.23. The van der Waals surface area contributed by atoms with Crippen molar-refractivity contribution in [1.29, 1.82) is 0 Å². The average Bonchev–Trinajstić information content (AvgIpc) is 2.85. The Morgan fingerprint density at radius 2 is 2.14 bits per heavy atom. The van der Waals surface area contributed by atoms with E-state index in [-0.39, 0.29) is 23.6 Å². The summed E-state index contributed by atoms with van der Waals surface area (Å²) in [7, 11) is 1.43. The van der Waals surface area contributed by atoms with Crippen LogP contribution in [0.25, 0.3) is 0 Å². The third-order valence-electron chi connectivity index (χ3n) is 3.58. The zero-order valence-electron chi connectivity index (χ0n) is 11.4. The van der Waals surface area contributed by atoms with Gasteiger partial charge in [-0.25, -0.2) is 4.39 Å². The lowest BCUT2D eigenvalue weighted by molar-refractivity contribution is -0.115. The fraction of sp³-hybridized carbons (Fsp3) is 0.188. The first-order valence-corrected chi connectivity index (χ1v) is 6.53. The monoisotopic (exact) mass is 287 g/mol. The van der Waals surface area contributed by atoms with Gasteiger partial charge in [-0.2, -0.15) is 0 Å². The predicted molar refractivity (Wildman–Crippen MR) is 75.8 cm³/mol. The van der Waals surface area contributed by atoms with Gasteiger partial charge in [0.25, 0.3) is 0 Å². The van der Waals surface area contributed by atoms with E-state index in [9.17, 15) is 14.3 Å². The Bertz CT molecular complexity index is 715. The number of carbonyl (C=O) groups excluding carboxylic acids is 1. The van der Waals surface area contributed by atoms with E-state index in [1.807, 2.05) is 0 Å². The van der Waals surface area contributed by atoms with Crippen LogP contribution in [-0.2, 0) is 11.2 Å². The quantitative estimate of drug-likeness (QED) is 0.911. The summed E-state index contributed by atoms with van der Waals surface area (Å²) in [5.74, 6) is -0.325. The molecule has 21 heavy (non-hydrogen) atoms. The minimum Gasteiger partial charge on any atom is -0.496 e. The molecule has 1 heterocycles. The van der Waals surface area contributed by atoms with Crippen LogP contribution in [0.1, 0.15) is 22.8 Å². The molecule has 1 amide bonds. The standard InChI is InChI=1S/C16H14FNO3/c1-21-13-4-2-3-11(17)15(13)16(20)9-5-6-12-10(7-9)8-14(19)18-12/h2-7,16,20H,8H2,1H3,(H,18,19). The van der Waals surface area contributed by atoms with Crippen LogP contribution in [0, 0.1) is 5.82 Å². The molecule has 5 heteroatoms. The third-order valence-corrected chi connectivity index (χ3v) is 3.58. The number of amides is 1. The zero-order chi connectivity index (χ0) is 15.0. The normalized spacial score (nSPS) is 14.5. The van der Waals surface area contributed by atoms with E-state index in [0.717, 1.165) is 11.3 Å². The Morgan fingerprint density at radius 1 is 1.33 bits per heavy atom. The molecule has 0 aromatic heterocycles. The second kappa shape index (κ2) is 5.18. The summed E-state index contributed by atoms with van der Waals surface area (Å²) in [6.07, 6.45) is -0.883. The van der Waals surface area contributed by atoms with E-state index in [2.05, 4.69) is 5.32 Å². The fourth-order valence-corrected chi connectivity index (χ4v) is 2.55. The number of nitrogens with one attached hydrogen (secondary N) is 1. The fourth-order valence-electron chi connectivity index (χ4n) is 2.55. The molecule has 1 aliphatic rings. The van der Waals surface area contributed by atoms with Gasteiger partial charge < -0.3 is 15.2 Å². The topological polar surface area (TPSA) is 58.6 Å². The SMILES string of the molecule is COc1cccc(F)c1C(O)c1ccc2c(c1)CC(=O)N2. The zero-order valence-corrected chi connectivity index (χ0v) is 11.4. The lowest BCUT2D eigenvalue weighted by Crippen LogP contribution is -2.05. The number of methoxy groups -OCH3 is 1. The Hall–Kier alpha value is -2.40. The van der Waals surface area contributed by atoms with Gasteiger partial charge in [0.2, 0.25) is 5.91 Å². The predicted octanol–water partition coefficient (Wildman–Crippen LogP) is 2.41. The van der Waals surface area contributed by atoms with Gasteiger partial charge in [-0.1, -0.05) is 18.2 Å². The molecule has 108 valence electrons. The minimum absolute atomic E-state index is 0.0832. The van der Waals surface area contributed by atoms with Gasteiger partial charge >= 0.3 is 0 Å². The maximum absolute atomic E-state index is 14.0. The Morgan fingerprint density at radius 3 is 2.90 bits per heavy atom. The molecule has 0 radical (unpaired) electrons. The minimum atomic E-state index is -1.15. The molecule has 3 rings (SSSR count). The smallest absolute Gasteiger partial charge is 0.228 e. The van der Waals surface area contributed by atoms with Crippen LogP contribution in [-0.4, -0.2) is 18.1 Å². The second-order valence-corrected chi connectivity index (χ2v) is 4.90. The van der Waals surface area contributed by atoms with E-state index in [4.69, 9.17) is 4.74 Å². The van der Waals surface area contributed by atoms with Gasteiger partial charge in [-0.3, -0.25) is 4.79 Å². The number of ether oxygens (including phenoxy) is 1. The van der Waals surface area contributed by atoms with Crippen LogP contribution in [0.2, 0.25) is 0 Å². The third kappa shape index (κ3) is 2.36. The van der Waals surface area contributed by atoms with E-state index >= 15 is 0 Å². The van der Waals surface area contributed by atoms with Gasteiger partial charge in [0.1, 0.15) is 17.7 Å².